The summed E-state index contributed by atoms with van der Waals surface area (Å²) in [6, 6.07) is 0. The van der Waals surface area contributed by atoms with Gasteiger partial charge in [0.25, 0.3) is 0 Å². The number of rotatable bonds is 5. The number of carbonyl (C=O) groups excluding carboxylic acids is 1. The molecule has 0 fully saturated rings. The molecule has 0 aromatic rings. The molecule has 0 aromatic heterocycles. The highest BCUT2D eigenvalue weighted by atomic mass is 19.4. The lowest BCUT2D eigenvalue weighted by Gasteiger charge is -1.97. The van der Waals surface area contributed by atoms with Gasteiger partial charge in [-0.25, -0.2) is 0 Å². The average molecular weight is 194 g/mol. The van der Waals surface area contributed by atoms with E-state index in [0.29, 0.717) is 12.5 Å². The predicted octanol–water partition coefficient (Wildman–Crippen LogP) is 3.25. The van der Waals surface area contributed by atoms with E-state index in [2.05, 4.69) is 0 Å². The van der Waals surface area contributed by atoms with Crippen molar-refractivity contribution in [3.63, 3.8) is 0 Å². The third-order valence-electron chi connectivity index (χ3n) is 1.48. The maximum absolute atomic E-state index is 11.6. The molecule has 4 heteroatoms. The molecule has 76 valence electrons. The van der Waals surface area contributed by atoms with E-state index < -0.39 is 12.0 Å². The molecule has 0 atom stereocenters. The average Bonchev–Trinajstić information content (AvgIpc) is 2.00. The molecule has 0 spiro atoms. The first-order chi connectivity index (χ1) is 5.95. The Morgan fingerprint density at radius 1 is 1.31 bits per heavy atom. The first-order valence-electron chi connectivity index (χ1n) is 4.24. The van der Waals surface area contributed by atoms with E-state index in [0.717, 1.165) is 12.8 Å². The Hall–Kier alpha value is -0.800. The first-order valence-corrected chi connectivity index (χ1v) is 4.24. The van der Waals surface area contributed by atoms with Crippen LogP contribution in [0.5, 0.6) is 0 Å². The summed E-state index contributed by atoms with van der Waals surface area (Å²) in [6.45, 7) is 1.97. The van der Waals surface area contributed by atoms with Crippen molar-refractivity contribution in [2.45, 2.75) is 38.8 Å². The van der Waals surface area contributed by atoms with E-state index in [9.17, 15) is 18.0 Å². The zero-order valence-corrected chi connectivity index (χ0v) is 7.53. The van der Waals surface area contributed by atoms with Crippen LogP contribution in [0.15, 0.2) is 12.2 Å². The first kappa shape index (κ1) is 12.2. The van der Waals surface area contributed by atoms with Crippen LogP contribution in [0.2, 0.25) is 0 Å². The molecule has 0 aliphatic rings. The fraction of sp³-hybridized carbons (Fsp3) is 0.667. The highest BCUT2D eigenvalue weighted by molar-refractivity contribution is 5.89. The number of carbonyl (C=O) groups is 1. The van der Waals surface area contributed by atoms with Gasteiger partial charge in [-0.05, 0) is 12.5 Å². The minimum Gasteiger partial charge on any atom is -0.295 e. The molecule has 0 unspecified atom stereocenters. The fourth-order valence-electron chi connectivity index (χ4n) is 0.820. The van der Waals surface area contributed by atoms with Crippen LogP contribution in [-0.2, 0) is 4.79 Å². The van der Waals surface area contributed by atoms with E-state index in [1.807, 2.05) is 6.92 Å². The van der Waals surface area contributed by atoms with E-state index in [1.54, 1.807) is 0 Å². The normalized spacial score (nSPS) is 12.3. The van der Waals surface area contributed by atoms with Gasteiger partial charge in [-0.3, -0.25) is 4.79 Å². The highest BCUT2D eigenvalue weighted by Crippen LogP contribution is 2.16. The summed E-state index contributed by atoms with van der Waals surface area (Å²) < 4.78 is 34.7. The van der Waals surface area contributed by atoms with Crippen LogP contribution in [0.4, 0.5) is 13.2 Å². The Labute approximate surface area is 75.6 Å². The van der Waals surface area contributed by atoms with E-state index in [4.69, 9.17) is 0 Å². The number of allylic oxidation sites excluding steroid dienone is 2. The van der Waals surface area contributed by atoms with Crippen molar-refractivity contribution in [2.75, 3.05) is 0 Å². The lowest BCUT2D eigenvalue weighted by atomic mass is 10.1. The summed E-state index contributed by atoms with van der Waals surface area (Å²) in [5.74, 6) is -0.453. The second kappa shape index (κ2) is 5.78. The van der Waals surface area contributed by atoms with E-state index >= 15 is 0 Å². The highest BCUT2D eigenvalue weighted by Gasteiger charge is 2.22. The second-order valence-electron chi connectivity index (χ2n) is 2.80. The maximum Gasteiger partial charge on any atom is 0.409 e. The minimum atomic E-state index is -4.37. The van der Waals surface area contributed by atoms with Gasteiger partial charge in [0.1, 0.15) is 0 Å². The molecule has 0 rings (SSSR count). The van der Waals surface area contributed by atoms with E-state index in [-0.39, 0.29) is 12.5 Å². The molecule has 0 saturated carbocycles. The second-order valence-corrected chi connectivity index (χ2v) is 2.80. The zero-order chi connectivity index (χ0) is 10.3. The fourth-order valence-corrected chi connectivity index (χ4v) is 0.820. The van der Waals surface area contributed by atoms with Gasteiger partial charge in [0.05, 0.1) is 0 Å². The van der Waals surface area contributed by atoms with Gasteiger partial charge in [-0.2, -0.15) is 13.2 Å². The van der Waals surface area contributed by atoms with Gasteiger partial charge in [-0.15, -0.1) is 0 Å². The SMILES string of the molecule is CCCCCC(=O)C=CC(F)(F)F. The number of halogens is 3. The Morgan fingerprint density at radius 2 is 1.92 bits per heavy atom. The van der Waals surface area contributed by atoms with Crippen molar-refractivity contribution in [3.05, 3.63) is 12.2 Å². The van der Waals surface area contributed by atoms with Crippen LogP contribution in [0, 0.1) is 0 Å². The van der Waals surface area contributed by atoms with Gasteiger partial charge in [0.15, 0.2) is 5.78 Å². The van der Waals surface area contributed by atoms with Crippen LogP contribution in [-0.4, -0.2) is 12.0 Å². The number of unbranched alkanes of at least 4 members (excludes halogenated alkanes) is 2. The Bertz CT molecular complexity index is 182. The predicted molar refractivity (Wildman–Crippen MR) is 44.3 cm³/mol. The van der Waals surface area contributed by atoms with Crippen molar-refractivity contribution in [3.8, 4) is 0 Å². The molecule has 0 saturated heterocycles. The number of ketones is 1. The summed E-state index contributed by atoms with van der Waals surface area (Å²) in [5.41, 5.74) is 0. The van der Waals surface area contributed by atoms with Gasteiger partial charge in [0, 0.05) is 12.5 Å². The summed E-state index contributed by atoms with van der Waals surface area (Å²) in [6.07, 6.45) is -1.07. The number of alkyl halides is 3. The molecular formula is C9H13F3O. The molecule has 0 N–H and O–H groups in total. The Kier molecular flexibility index (Phi) is 5.42. The standard InChI is InChI=1S/C9H13F3O/c1-2-3-4-5-8(13)6-7-9(10,11)12/h6-7H,2-5H2,1H3. The molecule has 0 radical (unpaired) electrons. The lowest BCUT2D eigenvalue weighted by Crippen LogP contribution is -2.03. The van der Waals surface area contributed by atoms with E-state index in [1.165, 1.54) is 0 Å². The van der Waals surface area contributed by atoms with Gasteiger partial charge < -0.3 is 0 Å². The smallest absolute Gasteiger partial charge is 0.295 e. The Balaban J connectivity index is 3.68. The van der Waals surface area contributed by atoms with Crippen molar-refractivity contribution < 1.29 is 18.0 Å². The summed E-state index contributed by atoms with van der Waals surface area (Å²) >= 11 is 0. The molecule has 0 amide bonds. The summed E-state index contributed by atoms with van der Waals surface area (Å²) in [7, 11) is 0. The minimum absolute atomic E-state index is 0.0126. The summed E-state index contributed by atoms with van der Waals surface area (Å²) in [5, 5.41) is 0. The maximum atomic E-state index is 11.6. The summed E-state index contributed by atoms with van der Waals surface area (Å²) in [4.78, 5) is 10.8. The van der Waals surface area contributed by atoms with Crippen LogP contribution >= 0.6 is 0 Å². The molecule has 1 nitrogen and oxygen atoms in total. The van der Waals surface area contributed by atoms with Gasteiger partial charge in [-0.1, -0.05) is 19.8 Å². The van der Waals surface area contributed by atoms with Gasteiger partial charge >= 0.3 is 6.18 Å². The van der Waals surface area contributed by atoms with Gasteiger partial charge in [0.2, 0.25) is 0 Å². The molecule has 0 bridgehead atoms. The van der Waals surface area contributed by atoms with Crippen LogP contribution < -0.4 is 0 Å². The molecule has 0 aliphatic carbocycles. The number of hydrogen-bond acceptors (Lipinski definition) is 1. The van der Waals surface area contributed by atoms with Crippen LogP contribution in [0.1, 0.15) is 32.6 Å². The van der Waals surface area contributed by atoms with Crippen molar-refractivity contribution in [1.82, 2.24) is 0 Å². The lowest BCUT2D eigenvalue weighted by molar-refractivity contribution is -0.115. The van der Waals surface area contributed by atoms with Crippen LogP contribution in [0.3, 0.4) is 0 Å². The van der Waals surface area contributed by atoms with Crippen LogP contribution in [0.25, 0.3) is 0 Å². The molecular weight excluding hydrogens is 181 g/mol. The third-order valence-corrected chi connectivity index (χ3v) is 1.48. The largest absolute Gasteiger partial charge is 0.409 e. The quantitative estimate of drug-likeness (QED) is 0.485. The Morgan fingerprint density at radius 3 is 2.38 bits per heavy atom. The zero-order valence-electron chi connectivity index (χ0n) is 7.53. The molecule has 0 heterocycles. The molecule has 13 heavy (non-hydrogen) atoms. The topological polar surface area (TPSA) is 17.1 Å². The van der Waals surface area contributed by atoms with Crippen molar-refractivity contribution in [1.29, 1.82) is 0 Å². The van der Waals surface area contributed by atoms with Crippen molar-refractivity contribution >= 4 is 5.78 Å². The molecule has 0 aromatic carbocycles. The molecule has 0 aliphatic heterocycles. The van der Waals surface area contributed by atoms with Crippen molar-refractivity contribution in [2.24, 2.45) is 0 Å². The number of hydrogen-bond donors (Lipinski definition) is 0. The monoisotopic (exact) mass is 194 g/mol. The third kappa shape index (κ3) is 9.11.